The Balaban J connectivity index is 1.39. The van der Waals surface area contributed by atoms with Gasteiger partial charge in [-0.3, -0.25) is 0 Å². The molecule has 0 saturated carbocycles. The number of anilines is 3. The van der Waals surface area contributed by atoms with E-state index in [1.54, 1.807) is 12.5 Å². The fourth-order valence-corrected chi connectivity index (χ4v) is 4.06. The van der Waals surface area contributed by atoms with E-state index in [1.807, 2.05) is 53.1 Å². The monoisotopic (exact) mass is 449 g/mol. The molecule has 0 atom stereocenters. The molecule has 0 spiro atoms. The maximum atomic E-state index is 4.78. The van der Waals surface area contributed by atoms with Gasteiger partial charge >= 0.3 is 0 Å². The van der Waals surface area contributed by atoms with Crippen LogP contribution in [0.5, 0.6) is 0 Å². The standard InChI is InChI=1S/C25H23N9/c1-15(2)34-14-28-21-23(27-13-20-29-18-9-5-6-10-19(18)30-20)32-25(33-24(21)34)31-22-17-8-4-3-7-16(17)11-12-26-22/h3-12,14-15H,13H2,1-2H3,(H,29,30)(H2,26,27,31,32,33). The number of nitrogens with one attached hydrogen (secondary N) is 3. The highest BCUT2D eigenvalue weighted by atomic mass is 15.2. The highest BCUT2D eigenvalue weighted by molar-refractivity contribution is 5.93. The van der Waals surface area contributed by atoms with E-state index < -0.39 is 0 Å². The van der Waals surface area contributed by atoms with E-state index in [4.69, 9.17) is 9.97 Å². The van der Waals surface area contributed by atoms with E-state index in [0.29, 0.717) is 29.6 Å². The highest BCUT2D eigenvalue weighted by Crippen LogP contribution is 2.27. The van der Waals surface area contributed by atoms with E-state index in [0.717, 1.165) is 33.3 Å². The quantitative estimate of drug-likeness (QED) is 0.321. The lowest BCUT2D eigenvalue weighted by atomic mass is 10.1. The van der Waals surface area contributed by atoms with Crippen molar-refractivity contribution in [2.24, 2.45) is 0 Å². The molecule has 34 heavy (non-hydrogen) atoms. The number of nitrogens with zero attached hydrogens (tertiary/aromatic N) is 6. The number of hydrogen-bond acceptors (Lipinski definition) is 7. The zero-order valence-corrected chi connectivity index (χ0v) is 18.8. The third kappa shape index (κ3) is 3.57. The SMILES string of the molecule is CC(C)n1cnc2c(NCc3nc4ccccc4[nH]3)nc(Nc3nccc4ccccc34)nc21. The molecule has 168 valence electrons. The first kappa shape index (κ1) is 20.1. The highest BCUT2D eigenvalue weighted by Gasteiger charge is 2.16. The molecule has 0 aliphatic heterocycles. The lowest BCUT2D eigenvalue weighted by Crippen LogP contribution is -2.08. The van der Waals surface area contributed by atoms with Gasteiger partial charge in [-0.2, -0.15) is 9.97 Å². The number of hydrogen-bond donors (Lipinski definition) is 3. The fourth-order valence-electron chi connectivity index (χ4n) is 4.06. The van der Waals surface area contributed by atoms with Crippen LogP contribution in [0.15, 0.2) is 67.1 Å². The number of aromatic nitrogens is 7. The van der Waals surface area contributed by atoms with Crippen LogP contribution in [0.3, 0.4) is 0 Å². The first-order valence-electron chi connectivity index (χ1n) is 11.2. The molecule has 9 heteroatoms. The number of aromatic amines is 1. The molecule has 3 N–H and O–H groups in total. The van der Waals surface area contributed by atoms with Crippen molar-refractivity contribution < 1.29 is 0 Å². The molecule has 0 amide bonds. The number of pyridine rings is 1. The van der Waals surface area contributed by atoms with E-state index in [-0.39, 0.29) is 6.04 Å². The zero-order chi connectivity index (χ0) is 23.1. The van der Waals surface area contributed by atoms with Gasteiger partial charge in [0.2, 0.25) is 5.95 Å². The number of benzene rings is 2. The van der Waals surface area contributed by atoms with E-state index in [1.165, 1.54) is 0 Å². The van der Waals surface area contributed by atoms with Crippen LogP contribution in [0, 0.1) is 0 Å². The molecule has 0 aliphatic rings. The number of imidazole rings is 2. The number of H-pyrrole nitrogens is 1. The summed E-state index contributed by atoms with van der Waals surface area (Å²) in [4.78, 5) is 26.7. The van der Waals surface area contributed by atoms with Crippen molar-refractivity contribution in [3.8, 4) is 0 Å². The second-order valence-corrected chi connectivity index (χ2v) is 8.37. The Kier molecular flexibility index (Phi) is 4.80. The third-order valence-electron chi connectivity index (χ3n) is 5.74. The van der Waals surface area contributed by atoms with Gasteiger partial charge in [0.1, 0.15) is 11.6 Å². The minimum atomic E-state index is 0.201. The summed E-state index contributed by atoms with van der Waals surface area (Å²) in [5.41, 5.74) is 3.39. The Morgan fingerprint density at radius 2 is 1.76 bits per heavy atom. The van der Waals surface area contributed by atoms with Crippen LogP contribution in [-0.2, 0) is 6.54 Å². The maximum absolute atomic E-state index is 4.78. The first-order valence-corrected chi connectivity index (χ1v) is 11.2. The molecule has 0 unspecified atom stereocenters. The molecule has 0 saturated heterocycles. The Bertz CT molecular complexity index is 1590. The predicted molar refractivity (Wildman–Crippen MR) is 134 cm³/mol. The molecular formula is C25H23N9. The van der Waals surface area contributed by atoms with Crippen molar-refractivity contribution in [1.29, 1.82) is 0 Å². The van der Waals surface area contributed by atoms with Crippen LogP contribution in [0.1, 0.15) is 25.7 Å². The van der Waals surface area contributed by atoms with E-state index in [9.17, 15) is 0 Å². The van der Waals surface area contributed by atoms with Crippen molar-refractivity contribution in [3.05, 3.63) is 72.9 Å². The Morgan fingerprint density at radius 1 is 0.912 bits per heavy atom. The molecule has 6 rings (SSSR count). The second kappa shape index (κ2) is 8.11. The molecule has 4 heterocycles. The summed E-state index contributed by atoms with van der Waals surface area (Å²) in [6, 6.07) is 18.2. The van der Waals surface area contributed by atoms with Crippen molar-refractivity contribution in [2.45, 2.75) is 26.4 Å². The summed E-state index contributed by atoms with van der Waals surface area (Å²) in [7, 11) is 0. The van der Waals surface area contributed by atoms with Crippen molar-refractivity contribution in [1.82, 2.24) is 34.5 Å². The molecule has 9 nitrogen and oxygen atoms in total. The number of fused-ring (bicyclic) bond motifs is 3. The van der Waals surface area contributed by atoms with Gasteiger partial charge in [-0.15, -0.1) is 0 Å². The fraction of sp³-hybridized carbons (Fsp3) is 0.160. The maximum Gasteiger partial charge on any atom is 0.232 e. The summed E-state index contributed by atoms with van der Waals surface area (Å²) in [5, 5.41) is 8.81. The molecule has 4 aromatic heterocycles. The van der Waals surface area contributed by atoms with Crippen molar-refractivity contribution in [3.63, 3.8) is 0 Å². The molecule has 0 radical (unpaired) electrons. The Labute approximate surface area is 195 Å². The minimum Gasteiger partial charge on any atom is -0.361 e. The summed E-state index contributed by atoms with van der Waals surface area (Å²) in [5.74, 6) is 2.61. The summed E-state index contributed by atoms with van der Waals surface area (Å²) in [6.45, 7) is 4.68. The smallest absolute Gasteiger partial charge is 0.232 e. The number of para-hydroxylation sites is 2. The van der Waals surface area contributed by atoms with E-state index in [2.05, 4.69) is 50.5 Å². The lowest BCUT2D eigenvalue weighted by Gasteiger charge is -2.12. The van der Waals surface area contributed by atoms with Gasteiger partial charge in [0.25, 0.3) is 0 Å². The Morgan fingerprint density at radius 3 is 2.65 bits per heavy atom. The van der Waals surface area contributed by atoms with Crippen molar-refractivity contribution >= 4 is 50.6 Å². The van der Waals surface area contributed by atoms with Gasteiger partial charge in [-0.25, -0.2) is 15.0 Å². The zero-order valence-electron chi connectivity index (χ0n) is 18.8. The van der Waals surface area contributed by atoms with Crippen LogP contribution in [0.4, 0.5) is 17.6 Å². The van der Waals surface area contributed by atoms with E-state index >= 15 is 0 Å². The average Bonchev–Trinajstić information content (AvgIpc) is 3.47. The summed E-state index contributed by atoms with van der Waals surface area (Å²) < 4.78 is 2.03. The van der Waals surface area contributed by atoms with Crippen LogP contribution in [0.25, 0.3) is 33.0 Å². The Hall–Kier alpha value is -4.53. The van der Waals surface area contributed by atoms with Gasteiger partial charge in [-0.05, 0) is 37.4 Å². The van der Waals surface area contributed by atoms with Crippen LogP contribution in [0.2, 0.25) is 0 Å². The van der Waals surface area contributed by atoms with Crippen LogP contribution >= 0.6 is 0 Å². The normalized spacial score (nSPS) is 11.6. The van der Waals surface area contributed by atoms with Gasteiger partial charge in [-0.1, -0.05) is 36.4 Å². The molecule has 2 aromatic carbocycles. The molecule has 0 fully saturated rings. The topological polar surface area (TPSA) is 109 Å². The number of rotatable bonds is 6. The minimum absolute atomic E-state index is 0.201. The largest absolute Gasteiger partial charge is 0.361 e. The van der Waals surface area contributed by atoms with Gasteiger partial charge in [0.15, 0.2) is 17.0 Å². The predicted octanol–water partition coefficient (Wildman–Crippen LogP) is 5.19. The summed E-state index contributed by atoms with van der Waals surface area (Å²) in [6.07, 6.45) is 3.58. The lowest BCUT2D eigenvalue weighted by molar-refractivity contribution is 0.613. The molecule has 0 aliphatic carbocycles. The molecular weight excluding hydrogens is 426 g/mol. The summed E-state index contributed by atoms with van der Waals surface area (Å²) >= 11 is 0. The third-order valence-corrected chi connectivity index (χ3v) is 5.74. The van der Waals surface area contributed by atoms with Gasteiger partial charge in [0.05, 0.1) is 23.9 Å². The second-order valence-electron chi connectivity index (χ2n) is 8.37. The van der Waals surface area contributed by atoms with Crippen LogP contribution < -0.4 is 10.6 Å². The molecule has 0 bridgehead atoms. The van der Waals surface area contributed by atoms with Gasteiger partial charge < -0.3 is 20.2 Å². The molecule has 6 aromatic rings. The van der Waals surface area contributed by atoms with Gasteiger partial charge in [0, 0.05) is 17.6 Å². The van der Waals surface area contributed by atoms with Crippen molar-refractivity contribution in [2.75, 3.05) is 10.6 Å². The first-order chi connectivity index (χ1) is 16.7. The van der Waals surface area contributed by atoms with Crippen LogP contribution in [-0.4, -0.2) is 34.5 Å². The average molecular weight is 450 g/mol.